The number of nitrogens with zero attached hydrogens (tertiary/aromatic N) is 1. The molecular weight excluding hydrogens is 480 g/mol. The molecule has 1 heterocycles. The Bertz CT molecular complexity index is 1140. The number of amides is 2. The monoisotopic (exact) mass is 514 g/mol. The number of carbonyl (C=O) groups excluding carboxylic acids is 1. The minimum atomic E-state index is -0.311. The highest BCUT2D eigenvalue weighted by Gasteiger charge is 2.26. The first-order valence-corrected chi connectivity index (χ1v) is 12.1. The van der Waals surface area contributed by atoms with Crippen LogP contribution >= 0.6 is 23.7 Å². The second-order valence-electron chi connectivity index (χ2n) is 10.4. The van der Waals surface area contributed by atoms with Crippen LogP contribution in [0.4, 0.5) is 16.2 Å². The number of phenolic OH excluding ortho intramolecular Hbond substituents is 1. The van der Waals surface area contributed by atoms with Crippen molar-refractivity contribution in [2.45, 2.75) is 58.9 Å². The lowest BCUT2D eigenvalue weighted by Gasteiger charge is -2.28. The van der Waals surface area contributed by atoms with Crippen LogP contribution in [-0.4, -0.2) is 17.0 Å². The number of nitrogens with one attached hydrogen (secondary N) is 2. The van der Waals surface area contributed by atoms with E-state index in [0.29, 0.717) is 18.1 Å². The fraction of sp³-hybridized carbons (Fsp3) is 0.333. The largest absolute Gasteiger partial charge is 0.507 e. The molecule has 0 aliphatic rings. The van der Waals surface area contributed by atoms with Crippen molar-refractivity contribution in [2.24, 2.45) is 10.7 Å². The van der Waals surface area contributed by atoms with Gasteiger partial charge >= 0.3 is 6.03 Å². The molecular formula is C27H35ClN4O2S. The molecule has 3 rings (SSSR count). The first kappa shape index (κ1) is 28.2. The Hall–Kier alpha value is -3.03. The van der Waals surface area contributed by atoms with Gasteiger partial charge in [-0.25, -0.2) is 9.79 Å². The van der Waals surface area contributed by atoms with Crippen LogP contribution in [0.15, 0.2) is 58.9 Å². The van der Waals surface area contributed by atoms with Gasteiger partial charge < -0.3 is 21.5 Å². The van der Waals surface area contributed by atoms with Crippen molar-refractivity contribution in [2.75, 3.05) is 5.32 Å². The van der Waals surface area contributed by atoms with E-state index in [-0.39, 0.29) is 35.0 Å². The third-order valence-electron chi connectivity index (χ3n) is 5.40. The molecule has 188 valence electrons. The second kappa shape index (κ2) is 11.1. The molecule has 8 heteroatoms. The van der Waals surface area contributed by atoms with Crippen LogP contribution in [0.5, 0.6) is 5.75 Å². The Morgan fingerprint density at radius 2 is 1.57 bits per heavy atom. The lowest BCUT2D eigenvalue weighted by Crippen LogP contribution is -2.28. The summed E-state index contributed by atoms with van der Waals surface area (Å²) in [7, 11) is 0. The molecule has 0 saturated carbocycles. The van der Waals surface area contributed by atoms with Crippen LogP contribution in [0.3, 0.4) is 0 Å². The molecule has 6 nitrogen and oxygen atoms in total. The second-order valence-corrected chi connectivity index (χ2v) is 11.3. The SMILES string of the molecule is CC(C)(C)c1cc(NC(=O)NCc2ccc(N=C(N)c3cccs3)cc2)cc(C(C)(C)C)c1O.Cl. The number of amidine groups is 1. The van der Waals surface area contributed by atoms with E-state index in [1.165, 1.54) is 0 Å². The van der Waals surface area contributed by atoms with Gasteiger partial charge in [-0.1, -0.05) is 59.7 Å². The van der Waals surface area contributed by atoms with Crippen LogP contribution in [0.1, 0.15) is 63.1 Å². The minimum absolute atomic E-state index is 0. The zero-order valence-corrected chi connectivity index (χ0v) is 22.7. The highest BCUT2D eigenvalue weighted by Crippen LogP contribution is 2.41. The topological polar surface area (TPSA) is 99.7 Å². The number of hydrogen-bond donors (Lipinski definition) is 4. The molecule has 0 saturated heterocycles. The lowest BCUT2D eigenvalue weighted by atomic mass is 9.79. The Morgan fingerprint density at radius 1 is 1.00 bits per heavy atom. The van der Waals surface area contributed by atoms with Crippen LogP contribution in [0.25, 0.3) is 0 Å². The molecule has 0 spiro atoms. The summed E-state index contributed by atoms with van der Waals surface area (Å²) >= 11 is 1.55. The van der Waals surface area contributed by atoms with E-state index in [4.69, 9.17) is 5.73 Å². The number of thiophene rings is 1. The Morgan fingerprint density at radius 3 is 2.06 bits per heavy atom. The molecule has 0 radical (unpaired) electrons. The van der Waals surface area contributed by atoms with Crippen molar-refractivity contribution < 1.29 is 9.90 Å². The Balaban J connectivity index is 0.00000432. The number of phenols is 1. The number of nitrogens with two attached hydrogens (primary N) is 1. The van der Waals surface area contributed by atoms with E-state index in [2.05, 4.69) is 15.6 Å². The predicted octanol–water partition coefficient (Wildman–Crippen LogP) is 6.83. The number of hydrogen-bond acceptors (Lipinski definition) is 4. The van der Waals surface area contributed by atoms with Gasteiger partial charge in [0, 0.05) is 23.4 Å². The first-order chi connectivity index (χ1) is 15.8. The Kier molecular flexibility index (Phi) is 8.98. The summed E-state index contributed by atoms with van der Waals surface area (Å²) < 4.78 is 0. The molecule has 0 aliphatic heterocycles. The highest BCUT2D eigenvalue weighted by atomic mass is 35.5. The van der Waals surface area contributed by atoms with Crippen LogP contribution in [-0.2, 0) is 17.4 Å². The van der Waals surface area contributed by atoms with E-state index in [0.717, 1.165) is 27.3 Å². The van der Waals surface area contributed by atoms with Gasteiger partial charge in [-0.05, 0) is 52.1 Å². The number of aliphatic imine (C=N–C) groups is 1. The van der Waals surface area contributed by atoms with Gasteiger partial charge in [0.25, 0.3) is 0 Å². The van der Waals surface area contributed by atoms with Gasteiger partial charge in [-0.15, -0.1) is 23.7 Å². The van der Waals surface area contributed by atoms with Crippen molar-refractivity contribution >= 4 is 47.0 Å². The van der Waals surface area contributed by atoms with Gasteiger partial charge in [-0.2, -0.15) is 0 Å². The van der Waals surface area contributed by atoms with Gasteiger partial charge in [0.2, 0.25) is 0 Å². The van der Waals surface area contributed by atoms with Gasteiger partial charge in [-0.3, -0.25) is 0 Å². The molecule has 1 aromatic heterocycles. The smallest absolute Gasteiger partial charge is 0.319 e. The standard InChI is InChI=1S/C27H34N4O2S.ClH/c1-26(2,3)20-14-19(15-21(23(20)32)27(4,5)6)31-25(33)29-16-17-9-11-18(12-10-17)30-24(28)22-8-7-13-34-22;/h7-15,32H,16H2,1-6H3,(H2,28,30)(H2,29,31,33);1H. The van der Waals surface area contributed by atoms with Gasteiger partial charge in [0.1, 0.15) is 11.6 Å². The number of aromatic hydroxyl groups is 1. The number of urea groups is 1. The molecule has 2 amide bonds. The summed E-state index contributed by atoms with van der Waals surface area (Å²) in [6.45, 7) is 12.6. The maximum Gasteiger partial charge on any atom is 0.319 e. The maximum absolute atomic E-state index is 12.6. The number of rotatable bonds is 5. The van der Waals surface area contributed by atoms with E-state index >= 15 is 0 Å². The molecule has 0 bridgehead atoms. The van der Waals surface area contributed by atoms with Crippen molar-refractivity contribution in [3.63, 3.8) is 0 Å². The van der Waals surface area contributed by atoms with Crippen LogP contribution in [0, 0.1) is 0 Å². The highest BCUT2D eigenvalue weighted by molar-refractivity contribution is 7.12. The quantitative estimate of drug-likeness (QED) is 0.170. The summed E-state index contributed by atoms with van der Waals surface area (Å²) in [6, 6.07) is 14.8. The summed E-state index contributed by atoms with van der Waals surface area (Å²) in [6.07, 6.45) is 0. The van der Waals surface area contributed by atoms with E-state index in [9.17, 15) is 9.90 Å². The molecule has 0 unspecified atom stereocenters. The van der Waals surface area contributed by atoms with Crippen molar-refractivity contribution in [3.05, 3.63) is 75.5 Å². The van der Waals surface area contributed by atoms with E-state index < -0.39 is 0 Å². The predicted molar refractivity (Wildman–Crippen MR) is 150 cm³/mol. The maximum atomic E-state index is 12.6. The number of benzene rings is 2. The lowest BCUT2D eigenvalue weighted by molar-refractivity contribution is 0.251. The molecule has 0 fully saturated rings. The summed E-state index contributed by atoms with van der Waals surface area (Å²) in [4.78, 5) is 18.0. The third-order valence-corrected chi connectivity index (χ3v) is 6.29. The van der Waals surface area contributed by atoms with Crippen molar-refractivity contribution in [1.29, 1.82) is 0 Å². The average Bonchev–Trinajstić information content (AvgIpc) is 3.28. The van der Waals surface area contributed by atoms with E-state index in [1.807, 2.05) is 95.5 Å². The normalized spacial score (nSPS) is 12.1. The molecule has 0 atom stereocenters. The van der Waals surface area contributed by atoms with Crippen molar-refractivity contribution in [3.8, 4) is 5.75 Å². The molecule has 2 aromatic carbocycles. The molecule has 3 aromatic rings. The van der Waals surface area contributed by atoms with E-state index in [1.54, 1.807) is 11.3 Å². The zero-order chi connectivity index (χ0) is 25.1. The fourth-order valence-electron chi connectivity index (χ4n) is 3.51. The van der Waals surface area contributed by atoms with Crippen LogP contribution in [0.2, 0.25) is 0 Å². The third kappa shape index (κ3) is 7.47. The molecule has 0 aliphatic carbocycles. The summed E-state index contributed by atoms with van der Waals surface area (Å²) in [5, 5.41) is 18.6. The summed E-state index contributed by atoms with van der Waals surface area (Å²) in [5.41, 5.74) is 9.46. The van der Waals surface area contributed by atoms with Crippen molar-refractivity contribution in [1.82, 2.24) is 5.32 Å². The minimum Gasteiger partial charge on any atom is -0.507 e. The average molecular weight is 515 g/mol. The van der Waals surface area contributed by atoms with Crippen LogP contribution < -0.4 is 16.4 Å². The summed E-state index contributed by atoms with van der Waals surface area (Å²) in [5.74, 6) is 0.770. The fourth-order valence-corrected chi connectivity index (χ4v) is 4.14. The molecule has 35 heavy (non-hydrogen) atoms. The number of carbonyl (C=O) groups is 1. The van der Waals surface area contributed by atoms with Gasteiger partial charge in [0.15, 0.2) is 0 Å². The Labute approximate surface area is 218 Å². The number of anilines is 1. The van der Waals surface area contributed by atoms with Gasteiger partial charge in [0.05, 0.1) is 10.6 Å². The first-order valence-electron chi connectivity index (χ1n) is 11.2. The molecule has 5 N–H and O–H groups in total. The number of halogens is 1. The zero-order valence-electron chi connectivity index (χ0n) is 21.1.